The number of carbonyl (C=O) groups excluding carboxylic acids is 2. The van der Waals surface area contributed by atoms with Gasteiger partial charge in [0.25, 0.3) is 5.91 Å². The highest BCUT2D eigenvalue weighted by molar-refractivity contribution is 7.89. The number of likely N-dealkylation sites (tertiary alicyclic amines) is 1. The molecule has 0 unspecified atom stereocenters. The van der Waals surface area contributed by atoms with Crippen LogP contribution in [0.4, 0.5) is 5.69 Å². The minimum atomic E-state index is -3.84. The molecule has 4 aliphatic rings. The minimum absolute atomic E-state index is 0.00483. The Morgan fingerprint density at radius 1 is 1.15 bits per heavy atom. The van der Waals surface area contributed by atoms with Crippen molar-refractivity contribution in [3.63, 3.8) is 0 Å². The second-order valence-electron chi connectivity index (χ2n) is 9.50. The molecular weight excluding hydrogens is 462 g/mol. The molecule has 186 valence electrons. The zero-order valence-electron chi connectivity index (χ0n) is 19.5. The van der Waals surface area contributed by atoms with Crippen molar-refractivity contribution in [1.29, 1.82) is 0 Å². The number of carbonyl (C=O) groups is 2. The molecule has 4 heterocycles. The number of aryl methyl sites for hydroxylation is 1. The van der Waals surface area contributed by atoms with Crippen LogP contribution in [0.3, 0.4) is 0 Å². The molecule has 0 saturated carbocycles. The normalized spacial score (nSPS) is 27.2. The van der Waals surface area contributed by atoms with Gasteiger partial charge in [-0.3, -0.25) is 9.59 Å². The number of hydrogen-bond acceptors (Lipinski definition) is 7. The molecule has 1 aromatic carbocycles. The summed E-state index contributed by atoms with van der Waals surface area (Å²) in [5.41, 5.74) is 0.980. The molecule has 1 N–H and O–H groups in total. The SMILES string of the molecule is Cc1cc2c(cc1S(=O)(=O)N1CCC[C@H](C(=O)N3CCC4(CC3)OCCO4)C1)O[C@@H](C)C(=O)N2. The molecular formula is C23H31N3O7S. The lowest BCUT2D eigenvalue weighted by Gasteiger charge is -2.40. The molecule has 5 rings (SSSR count). The van der Waals surface area contributed by atoms with Gasteiger partial charge < -0.3 is 24.4 Å². The van der Waals surface area contributed by atoms with Crippen molar-refractivity contribution in [2.24, 2.45) is 5.92 Å². The van der Waals surface area contributed by atoms with Crippen molar-refractivity contribution in [2.45, 2.75) is 56.3 Å². The van der Waals surface area contributed by atoms with Gasteiger partial charge in [-0.1, -0.05) is 0 Å². The summed E-state index contributed by atoms with van der Waals surface area (Å²) in [5, 5.41) is 2.74. The van der Waals surface area contributed by atoms with Gasteiger partial charge in [-0.2, -0.15) is 4.31 Å². The molecule has 0 aromatic heterocycles. The van der Waals surface area contributed by atoms with Crippen molar-refractivity contribution in [2.75, 3.05) is 44.7 Å². The van der Waals surface area contributed by atoms with E-state index in [2.05, 4.69) is 5.32 Å². The molecule has 3 saturated heterocycles. The first-order valence-electron chi connectivity index (χ1n) is 11.9. The number of sulfonamides is 1. The maximum absolute atomic E-state index is 13.6. The Balaban J connectivity index is 1.30. The third-order valence-electron chi connectivity index (χ3n) is 7.21. The topological polar surface area (TPSA) is 114 Å². The van der Waals surface area contributed by atoms with Crippen molar-refractivity contribution >= 4 is 27.5 Å². The van der Waals surface area contributed by atoms with E-state index in [-0.39, 0.29) is 29.2 Å². The van der Waals surface area contributed by atoms with E-state index in [1.165, 1.54) is 10.4 Å². The Labute approximate surface area is 199 Å². The van der Waals surface area contributed by atoms with Gasteiger partial charge >= 0.3 is 0 Å². The number of ether oxygens (including phenoxy) is 3. The Hall–Kier alpha value is -2.21. The number of anilines is 1. The summed E-state index contributed by atoms with van der Waals surface area (Å²) in [6.07, 6.45) is 1.85. The van der Waals surface area contributed by atoms with E-state index in [0.29, 0.717) is 75.5 Å². The first kappa shape index (κ1) is 23.5. The summed E-state index contributed by atoms with van der Waals surface area (Å²) in [6.45, 7) is 6.09. The summed E-state index contributed by atoms with van der Waals surface area (Å²) in [6, 6.07) is 3.10. The van der Waals surface area contributed by atoms with Crippen molar-refractivity contribution in [3.05, 3.63) is 17.7 Å². The lowest BCUT2D eigenvalue weighted by atomic mass is 9.96. The van der Waals surface area contributed by atoms with Crippen molar-refractivity contribution in [1.82, 2.24) is 9.21 Å². The molecule has 4 aliphatic heterocycles. The summed E-state index contributed by atoms with van der Waals surface area (Å²) in [5.74, 6) is -0.873. The van der Waals surface area contributed by atoms with Gasteiger partial charge in [0.15, 0.2) is 11.9 Å². The number of amides is 2. The first-order valence-corrected chi connectivity index (χ1v) is 13.3. The molecule has 2 amide bonds. The predicted octanol–water partition coefficient (Wildman–Crippen LogP) is 1.48. The Kier molecular flexibility index (Phi) is 6.07. The lowest BCUT2D eigenvalue weighted by Crippen LogP contribution is -2.51. The summed E-state index contributed by atoms with van der Waals surface area (Å²) >= 11 is 0. The molecule has 10 nitrogen and oxygen atoms in total. The van der Waals surface area contributed by atoms with Crippen LogP contribution in [0, 0.1) is 12.8 Å². The van der Waals surface area contributed by atoms with Gasteiger partial charge in [-0.15, -0.1) is 0 Å². The van der Waals surface area contributed by atoms with Crippen LogP contribution in [0.1, 0.15) is 38.2 Å². The highest BCUT2D eigenvalue weighted by atomic mass is 32.2. The van der Waals surface area contributed by atoms with Crippen molar-refractivity contribution in [3.8, 4) is 5.75 Å². The van der Waals surface area contributed by atoms with Crippen LogP contribution in [-0.4, -0.2) is 80.7 Å². The Morgan fingerprint density at radius 2 is 1.85 bits per heavy atom. The van der Waals surface area contributed by atoms with Crippen LogP contribution >= 0.6 is 0 Å². The highest BCUT2D eigenvalue weighted by Gasteiger charge is 2.43. The molecule has 3 fully saturated rings. The van der Waals surface area contributed by atoms with Gasteiger partial charge in [-0.25, -0.2) is 8.42 Å². The fourth-order valence-electron chi connectivity index (χ4n) is 5.23. The van der Waals surface area contributed by atoms with Gasteiger partial charge in [0, 0.05) is 45.1 Å². The molecule has 34 heavy (non-hydrogen) atoms. The molecule has 2 atom stereocenters. The number of fused-ring (bicyclic) bond motifs is 1. The van der Waals surface area contributed by atoms with Crippen LogP contribution in [0.2, 0.25) is 0 Å². The predicted molar refractivity (Wildman–Crippen MR) is 122 cm³/mol. The largest absolute Gasteiger partial charge is 0.479 e. The minimum Gasteiger partial charge on any atom is -0.479 e. The fourth-order valence-corrected chi connectivity index (χ4v) is 6.98. The maximum Gasteiger partial charge on any atom is 0.265 e. The lowest BCUT2D eigenvalue weighted by molar-refractivity contribution is -0.188. The number of rotatable bonds is 3. The van der Waals surface area contributed by atoms with Crippen LogP contribution in [0.15, 0.2) is 17.0 Å². The Morgan fingerprint density at radius 3 is 2.56 bits per heavy atom. The van der Waals surface area contributed by atoms with Gasteiger partial charge in [0.1, 0.15) is 5.75 Å². The summed E-state index contributed by atoms with van der Waals surface area (Å²) < 4.78 is 45.7. The maximum atomic E-state index is 13.6. The number of hydrogen-bond donors (Lipinski definition) is 1. The number of piperidine rings is 2. The van der Waals surface area contributed by atoms with Gasteiger partial charge in [0.05, 0.1) is 29.7 Å². The van der Waals surface area contributed by atoms with E-state index in [4.69, 9.17) is 14.2 Å². The monoisotopic (exact) mass is 493 g/mol. The smallest absolute Gasteiger partial charge is 0.265 e. The van der Waals surface area contributed by atoms with Gasteiger partial charge in [0.2, 0.25) is 15.9 Å². The molecule has 0 radical (unpaired) electrons. The molecule has 0 bridgehead atoms. The summed E-state index contributed by atoms with van der Waals surface area (Å²) in [7, 11) is -3.84. The third kappa shape index (κ3) is 4.19. The second kappa shape index (κ2) is 8.78. The zero-order chi connectivity index (χ0) is 24.1. The second-order valence-corrected chi connectivity index (χ2v) is 11.4. The number of benzene rings is 1. The quantitative estimate of drug-likeness (QED) is 0.678. The van der Waals surface area contributed by atoms with E-state index in [1.54, 1.807) is 19.9 Å². The fraction of sp³-hybridized carbons (Fsp3) is 0.652. The number of nitrogens with one attached hydrogen (secondary N) is 1. The van der Waals surface area contributed by atoms with E-state index in [0.717, 1.165) is 0 Å². The number of nitrogens with zero attached hydrogens (tertiary/aromatic N) is 2. The molecule has 1 aromatic rings. The van der Waals surface area contributed by atoms with Crippen LogP contribution in [0.25, 0.3) is 0 Å². The molecule has 1 spiro atoms. The van der Waals surface area contributed by atoms with Crippen LogP contribution < -0.4 is 10.1 Å². The average molecular weight is 494 g/mol. The first-order chi connectivity index (χ1) is 16.2. The average Bonchev–Trinajstić information content (AvgIpc) is 3.27. The third-order valence-corrected chi connectivity index (χ3v) is 9.22. The molecule has 0 aliphatic carbocycles. The van der Waals surface area contributed by atoms with Crippen LogP contribution in [0.5, 0.6) is 5.75 Å². The van der Waals surface area contributed by atoms with E-state index in [1.807, 2.05) is 4.90 Å². The van der Waals surface area contributed by atoms with Crippen molar-refractivity contribution < 1.29 is 32.2 Å². The Bertz CT molecular complexity index is 1090. The van der Waals surface area contributed by atoms with E-state index in [9.17, 15) is 18.0 Å². The standard InChI is InChI=1S/C23H31N3O7S/c1-15-12-18-19(33-16(2)21(27)24-18)13-20(15)34(29,30)26-7-3-4-17(14-26)22(28)25-8-5-23(6-9-25)31-10-11-32-23/h12-13,16-17H,3-11,14H2,1-2H3,(H,24,27)/t16-,17-/m0/s1. The van der Waals surface area contributed by atoms with Gasteiger partial charge in [-0.05, 0) is 38.3 Å². The zero-order valence-corrected chi connectivity index (χ0v) is 20.4. The van der Waals surface area contributed by atoms with E-state index < -0.39 is 21.9 Å². The molecule has 11 heteroatoms. The van der Waals surface area contributed by atoms with Crippen LogP contribution in [-0.2, 0) is 29.1 Å². The summed E-state index contributed by atoms with van der Waals surface area (Å²) in [4.78, 5) is 27.1. The highest BCUT2D eigenvalue weighted by Crippen LogP contribution is 2.37. The van der Waals surface area contributed by atoms with E-state index >= 15 is 0 Å².